The average Bonchev–Trinajstić information content (AvgIpc) is 2.84. The fraction of sp³-hybridized carbons (Fsp3) is 0.440. The molecule has 2 rings (SSSR count). The molecule has 0 saturated heterocycles. The number of sulfonamides is 1. The van der Waals surface area contributed by atoms with E-state index in [4.69, 9.17) is 9.47 Å². The van der Waals surface area contributed by atoms with E-state index in [0.717, 1.165) is 27.0 Å². The number of methoxy groups -OCH3 is 2. The molecule has 1 N–H and O–H groups in total. The largest absolute Gasteiger partial charge is 0.497 e. The Bertz CT molecular complexity index is 1170. The third-order valence-corrected chi connectivity index (χ3v) is 7.36. The minimum Gasteiger partial charge on any atom is -0.497 e. The van der Waals surface area contributed by atoms with E-state index in [1.807, 2.05) is 38.1 Å². The number of rotatable bonds is 12. The van der Waals surface area contributed by atoms with Gasteiger partial charge in [0.1, 0.15) is 24.1 Å². The van der Waals surface area contributed by atoms with Gasteiger partial charge in [-0.05, 0) is 50.1 Å². The zero-order valence-electron chi connectivity index (χ0n) is 21.4. The van der Waals surface area contributed by atoms with Gasteiger partial charge in [0.05, 0.1) is 26.2 Å². The van der Waals surface area contributed by atoms with Gasteiger partial charge >= 0.3 is 0 Å². The number of halogens is 1. The Labute approximate surface area is 221 Å². The third kappa shape index (κ3) is 7.86. The molecule has 9 nitrogen and oxygen atoms in total. The van der Waals surface area contributed by atoms with Crippen molar-refractivity contribution in [1.29, 1.82) is 0 Å². The Hall–Kier alpha value is -2.79. The summed E-state index contributed by atoms with van der Waals surface area (Å²) in [4.78, 5) is 28.0. The van der Waals surface area contributed by atoms with Gasteiger partial charge in [0.25, 0.3) is 0 Å². The fourth-order valence-corrected chi connectivity index (χ4v) is 4.77. The molecule has 2 atom stereocenters. The van der Waals surface area contributed by atoms with Gasteiger partial charge in [0, 0.05) is 23.1 Å². The molecule has 0 unspecified atom stereocenters. The molecular weight excluding hydrogens is 550 g/mol. The summed E-state index contributed by atoms with van der Waals surface area (Å²) < 4.78 is 37.9. The summed E-state index contributed by atoms with van der Waals surface area (Å²) in [5, 5.41) is 2.90. The maximum absolute atomic E-state index is 13.6. The summed E-state index contributed by atoms with van der Waals surface area (Å²) in [6, 6.07) is 11.1. The smallest absolute Gasteiger partial charge is 0.244 e. The van der Waals surface area contributed by atoms with Gasteiger partial charge < -0.3 is 19.7 Å². The van der Waals surface area contributed by atoms with Crippen molar-refractivity contribution in [3.05, 3.63) is 52.5 Å². The highest BCUT2D eigenvalue weighted by Crippen LogP contribution is 2.33. The Balaban J connectivity index is 2.46. The van der Waals surface area contributed by atoms with Gasteiger partial charge in [-0.25, -0.2) is 8.42 Å². The molecule has 0 aliphatic carbocycles. The molecule has 2 aromatic carbocycles. The first kappa shape index (κ1) is 29.4. The second kappa shape index (κ2) is 13.0. The van der Waals surface area contributed by atoms with Gasteiger partial charge in [-0.3, -0.25) is 13.9 Å². The highest BCUT2D eigenvalue weighted by molar-refractivity contribution is 9.10. The zero-order chi connectivity index (χ0) is 27.0. The van der Waals surface area contributed by atoms with Crippen LogP contribution in [-0.2, 0) is 26.2 Å². The first-order chi connectivity index (χ1) is 16.9. The van der Waals surface area contributed by atoms with Crippen LogP contribution in [0, 0.1) is 0 Å². The van der Waals surface area contributed by atoms with Crippen molar-refractivity contribution in [3.8, 4) is 11.5 Å². The van der Waals surface area contributed by atoms with E-state index in [1.165, 1.54) is 25.2 Å². The van der Waals surface area contributed by atoms with Crippen molar-refractivity contribution in [2.24, 2.45) is 0 Å². The van der Waals surface area contributed by atoms with E-state index in [-0.39, 0.29) is 29.9 Å². The van der Waals surface area contributed by atoms with Crippen LogP contribution in [0.5, 0.6) is 11.5 Å². The number of amides is 2. The van der Waals surface area contributed by atoms with Gasteiger partial charge in [0.15, 0.2) is 0 Å². The molecule has 198 valence electrons. The number of anilines is 1. The summed E-state index contributed by atoms with van der Waals surface area (Å²) in [6.07, 6.45) is 1.75. The summed E-state index contributed by atoms with van der Waals surface area (Å²) >= 11 is 3.43. The van der Waals surface area contributed by atoms with E-state index >= 15 is 0 Å². The predicted molar refractivity (Wildman–Crippen MR) is 144 cm³/mol. The van der Waals surface area contributed by atoms with Gasteiger partial charge in [-0.2, -0.15) is 0 Å². The lowest BCUT2D eigenvalue weighted by Gasteiger charge is -2.32. The number of hydrogen-bond acceptors (Lipinski definition) is 6. The fourth-order valence-electron chi connectivity index (χ4n) is 3.47. The van der Waals surface area contributed by atoms with Crippen molar-refractivity contribution >= 4 is 43.5 Å². The first-order valence-corrected chi connectivity index (χ1v) is 14.1. The monoisotopic (exact) mass is 583 g/mol. The van der Waals surface area contributed by atoms with Crippen LogP contribution in [0.1, 0.15) is 32.8 Å². The van der Waals surface area contributed by atoms with Crippen molar-refractivity contribution in [2.75, 3.05) is 31.3 Å². The maximum atomic E-state index is 13.6. The Morgan fingerprint density at radius 3 is 2.33 bits per heavy atom. The molecule has 0 bridgehead atoms. The number of ether oxygens (including phenoxy) is 2. The number of nitrogens with zero attached hydrogens (tertiary/aromatic N) is 2. The molecule has 0 aliphatic rings. The molecule has 0 aliphatic heterocycles. The van der Waals surface area contributed by atoms with E-state index < -0.39 is 28.5 Å². The normalized spacial score (nSPS) is 12.9. The molecule has 2 amide bonds. The molecule has 0 heterocycles. The molecule has 0 aromatic heterocycles. The summed E-state index contributed by atoms with van der Waals surface area (Å²) in [7, 11) is -1.00. The predicted octanol–water partition coefficient (Wildman–Crippen LogP) is 3.56. The Morgan fingerprint density at radius 2 is 1.78 bits per heavy atom. The quantitative estimate of drug-likeness (QED) is 0.409. The van der Waals surface area contributed by atoms with E-state index in [0.29, 0.717) is 5.75 Å². The topological polar surface area (TPSA) is 105 Å². The molecule has 36 heavy (non-hydrogen) atoms. The molecule has 2 aromatic rings. The van der Waals surface area contributed by atoms with E-state index in [1.54, 1.807) is 19.1 Å². The molecule has 0 radical (unpaired) electrons. The van der Waals surface area contributed by atoms with Crippen LogP contribution in [0.4, 0.5) is 5.69 Å². The minimum absolute atomic E-state index is 0.0705. The van der Waals surface area contributed by atoms with Crippen LogP contribution in [0.2, 0.25) is 0 Å². The lowest BCUT2D eigenvalue weighted by Crippen LogP contribution is -2.52. The van der Waals surface area contributed by atoms with E-state index in [9.17, 15) is 18.0 Å². The second-order valence-electron chi connectivity index (χ2n) is 8.45. The van der Waals surface area contributed by atoms with E-state index in [2.05, 4.69) is 21.2 Å². The number of carbonyl (C=O) groups excluding carboxylic acids is 2. The van der Waals surface area contributed by atoms with Crippen molar-refractivity contribution < 1.29 is 27.5 Å². The highest BCUT2D eigenvalue weighted by atomic mass is 79.9. The van der Waals surface area contributed by atoms with Crippen LogP contribution in [-0.4, -0.2) is 64.2 Å². The summed E-state index contributed by atoms with van der Waals surface area (Å²) in [6.45, 7) is 5.06. The molecule has 0 spiro atoms. The van der Waals surface area contributed by atoms with Crippen molar-refractivity contribution in [3.63, 3.8) is 0 Å². The number of hydrogen-bond donors (Lipinski definition) is 1. The standard InChI is InChI=1S/C25H34BrN3O6S/c1-7-17(2)27-25(31)18(3)28(15-19-9-8-10-20(26)13-19)24(30)16-29(36(6,32)33)22-12-11-21(34-4)14-23(22)35-5/h8-14,17-18H,7,15-16H2,1-6H3,(H,27,31)/t17-,18+/m0/s1. The number of carbonyl (C=O) groups is 2. The van der Waals surface area contributed by atoms with Crippen molar-refractivity contribution in [1.82, 2.24) is 10.2 Å². The summed E-state index contributed by atoms with van der Waals surface area (Å²) in [5.74, 6) is -0.152. The first-order valence-electron chi connectivity index (χ1n) is 11.4. The van der Waals surface area contributed by atoms with Gasteiger partial charge in [-0.15, -0.1) is 0 Å². The highest BCUT2D eigenvalue weighted by Gasteiger charge is 2.31. The Kier molecular flexibility index (Phi) is 10.6. The lowest BCUT2D eigenvalue weighted by molar-refractivity contribution is -0.139. The van der Waals surface area contributed by atoms with Gasteiger partial charge in [-0.1, -0.05) is 35.0 Å². The van der Waals surface area contributed by atoms with Crippen LogP contribution in [0.15, 0.2) is 46.9 Å². The summed E-state index contributed by atoms with van der Waals surface area (Å²) in [5.41, 5.74) is 0.974. The third-order valence-electron chi connectivity index (χ3n) is 5.75. The average molecular weight is 585 g/mol. The van der Waals surface area contributed by atoms with Crippen LogP contribution in [0.25, 0.3) is 0 Å². The molecule has 0 fully saturated rings. The number of benzene rings is 2. The van der Waals surface area contributed by atoms with Crippen LogP contribution >= 0.6 is 15.9 Å². The Morgan fingerprint density at radius 1 is 1.08 bits per heavy atom. The molecular formula is C25H34BrN3O6S. The van der Waals surface area contributed by atoms with Crippen LogP contribution < -0.4 is 19.1 Å². The molecule has 0 saturated carbocycles. The lowest BCUT2D eigenvalue weighted by atomic mass is 10.1. The zero-order valence-corrected chi connectivity index (χ0v) is 23.9. The number of nitrogens with one attached hydrogen (secondary N) is 1. The minimum atomic E-state index is -3.89. The van der Waals surface area contributed by atoms with Gasteiger partial charge in [0.2, 0.25) is 21.8 Å². The second-order valence-corrected chi connectivity index (χ2v) is 11.3. The SMILES string of the molecule is CC[C@H](C)NC(=O)[C@@H](C)N(Cc1cccc(Br)c1)C(=O)CN(c1ccc(OC)cc1OC)S(C)(=O)=O. The van der Waals surface area contributed by atoms with Crippen molar-refractivity contribution in [2.45, 2.75) is 45.8 Å². The van der Waals surface area contributed by atoms with Crippen LogP contribution in [0.3, 0.4) is 0 Å². The maximum Gasteiger partial charge on any atom is 0.244 e. The molecule has 11 heteroatoms.